The summed E-state index contributed by atoms with van der Waals surface area (Å²) in [5, 5.41) is 12.6. The minimum atomic E-state index is -0.394. The molecule has 23 heavy (non-hydrogen) atoms. The first-order valence-corrected chi connectivity index (χ1v) is 8.53. The van der Waals surface area contributed by atoms with Crippen molar-refractivity contribution >= 4 is 22.4 Å². The lowest BCUT2D eigenvalue weighted by molar-refractivity contribution is -0.124. The number of rotatable bonds is 7. The normalized spacial score (nSPS) is 11.3. The lowest BCUT2D eigenvalue weighted by atomic mass is 9.89. The number of nitrogens with zero attached hydrogens (tertiary/aromatic N) is 2. The highest BCUT2D eigenvalue weighted by atomic mass is 32.1. The molecule has 1 aromatic heterocycles. The number of aryl methyl sites for hydroxylation is 2. The van der Waals surface area contributed by atoms with Crippen molar-refractivity contribution in [2.24, 2.45) is 5.41 Å². The molecule has 0 atom stereocenters. The van der Waals surface area contributed by atoms with E-state index >= 15 is 0 Å². The van der Waals surface area contributed by atoms with Crippen LogP contribution in [0, 0.1) is 5.41 Å². The highest BCUT2D eigenvalue weighted by Crippen LogP contribution is 2.24. The van der Waals surface area contributed by atoms with Gasteiger partial charge in [0.1, 0.15) is 10.8 Å². The van der Waals surface area contributed by atoms with Crippen molar-refractivity contribution in [3.05, 3.63) is 34.8 Å². The van der Waals surface area contributed by atoms with Gasteiger partial charge in [0.2, 0.25) is 11.0 Å². The number of aromatic nitrogens is 2. The van der Waals surface area contributed by atoms with Crippen LogP contribution in [-0.4, -0.2) is 23.2 Å². The molecule has 0 aliphatic carbocycles. The van der Waals surface area contributed by atoms with E-state index in [2.05, 4.69) is 15.5 Å². The smallest absolute Gasteiger partial charge is 0.231 e. The quantitative estimate of drug-likeness (QED) is 0.839. The van der Waals surface area contributed by atoms with Crippen molar-refractivity contribution in [2.75, 3.05) is 12.4 Å². The number of hydrogen-bond donors (Lipinski definition) is 1. The van der Waals surface area contributed by atoms with Crippen molar-refractivity contribution in [3.63, 3.8) is 0 Å². The summed E-state index contributed by atoms with van der Waals surface area (Å²) in [6, 6.07) is 8.00. The molecule has 0 fully saturated rings. The Morgan fingerprint density at radius 3 is 2.52 bits per heavy atom. The third-order valence-corrected chi connectivity index (χ3v) is 4.87. The van der Waals surface area contributed by atoms with E-state index in [0.29, 0.717) is 5.13 Å². The maximum Gasteiger partial charge on any atom is 0.231 e. The summed E-state index contributed by atoms with van der Waals surface area (Å²) in [6.07, 6.45) is 2.46. The van der Waals surface area contributed by atoms with E-state index in [4.69, 9.17) is 4.74 Å². The minimum Gasteiger partial charge on any atom is -0.497 e. The predicted octanol–water partition coefficient (Wildman–Crippen LogP) is 3.71. The Bertz CT molecular complexity index is 650. The Balaban J connectivity index is 1.90. The number of ether oxygens (including phenoxy) is 1. The van der Waals surface area contributed by atoms with Gasteiger partial charge in [0.25, 0.3) is 0 Å². The van der Waals surface area contributed by atoms with Crippen molar-refractivity contribution in [3.8, 4) is 5.75 Å². The van der Waals surface area contributed by atoms with Gasteiger partial charge in [0.05, 0.1) is 7.11 Å². The first kappa shape index (κ1) is 17.4. The Morgan fingerprint density at radius 1 is 1.22 bits per heavy atom. The first-order valence-electron chi connectivity index (χ1n) is 7.71. The Kier molecular flexibility index (Phi) is 5.71. The standard InChI is InChI=1S/C17H23N3O2S/c1-5-17(2,3)15(21)18-16-20-19-14(23-16)11-8-12-6-9-13(22-4)10-7-12/h6-7,9-10H,5,8,11H2,1-4H3,(H,18,20,21). The van der Waals surface area contributed by atoms with Gasteiger partial charge >= 0.3 is 0 Å². The molecule has 1 amide bonds. The van der Waals surface area contributed by atoms with Crippen molar-refractivity contribution in [1.82, 2.24) is 10.2 Å². The molecule has 0 aliphatic rings. The first-order chi connectivity index (χ1) is 10.9. The van der Waals surface area contributed by atoms with Crippen LogP contribution in [0.2, 0.25) is 0 Å². The fourth-order valence-corrected chi connectivity index (χ4v) is 2.61. The Labute approximate surface area is 141 Å². The van der Waals surface area contributed by atoms with E-state index in [0.717, 1.165) is 30.0 Å². The molecule has 1 aromatic carbocycles. The van der Waals surface area contributed by atoms with Crippen molar-refractivity contribution in [2.45, 2.75) is 40.0 Å². The summed E-state index contributed by atoms with van der Waals surface area (Å²) in [5.41, 5.74) is 0.827. The summed E-state index contributed by atoms with van der Waals surface area (Å²) in [5.74, 6) is 0.839. The molecule has 0 aliphatic heterocycles. The predicted molar refractivity (Wildman–Crippen MR) is 93.0 cm³/mol. The van der Waals surface area contributed by atoms with E-state index in [1.54, 1.807) is 7.11 Å². The summed E-state index contributed by atoms with van der Waals surface area (Å²) in [4.78, 5) is 12.1. The third-order valence-electron chi connectivity index (χ3n) is 3.97. The third kappa shape index (κ3) is 4.76. The second-order valence-electron chi connectivity index (χ2n) is 6.04. The van der Waals surface area contributed by atoms with Gasteiger partial charge in [-0.05, 0) is 30.5 Å². The van der Waals surface area contributed by atoms with Crippen molar-refractivity contribution < 1.29 is 9.53 Å². The Morgan fingerprint density at radius 2 is 1.91 bits per heavy atom. The van der Waals surface area contributed by atoms with Crippen LogP contribution in [0.25, 0.3) is 0 Å². The SMILES string of the molecule is CCC(C)(C)C(=O)Nc1nnc(CCc2ccc(OC)cc2)s1. The van der Waals surface area contributed by atoms with Gasteiger partial charge < -0.3 is 10.1 Å². The number of benzene rings is 1. The number of carbonyl (C=O) groups is 1. The lowest BCUT2D eigenvalue weighted by Gasteiger charge is -2.20. The molecule has 0 bridgehead atoms. The largest absolute Gasteiger partial charge is 0.497 e. The summed E-state index contributed by atoms with van der Waals surface area (Å²) >= 11 is 1.44. The van der Waals surface area contributed by atoms with E-state index in [-0.39, 0.29) is 5.91 Å². The Hall–Kier alpha value is -1.95. The average molecular weight is 333 g/mol. The molecule has 6 heteroatoms. The van der Waals surface area contributed by atoms with E-state index in [9.17, 15) is 4.79 Å². The summed E-state index contributed by atoms with van der Waals surface area (Å²) in [7, 11) is 1.66. The van der Waals surface area contributed by atoms with Crippen LogP contribution >= 0.6 is 11.3 Å². The van der Waals surface area contributed by atoms with E-state index in [1.165, 1.54) is 16.9 Å². The zero-order valence-electron chi connectivity index (χ0n) is 14.0. The highest BCUT2D eigenvalue weighted by molar-refractivity contribution is 7.15. The van der Waals surface area contributed by atoms with E-state index in [1.807, 2.05) is 45.0 Å². The molecule has 0 spiro atoms. The minimum absolute atomic E-state index is 0.0159. The van der Waals surface area contributed by atoms with Gasteiger partial charge in [-0.15, -0.1) is 10.2 Å². The highest BCUT2D eigenvalue weighted by Gasteiger charge is 2.26. The number of methoxy groups -OCH3 is 1. The number of hydrogen-bond acceptors (Lipinski definition) is 5. The van der Waals surface area contributed by atoms with Crippen LogP contribution in [0.1, 0.15) is 37.8 Å². The van der Waals surface area contributed by atoms with Crippen molar-refractivity contribution in [1.29, 1.82) is 0 Å². The van der Waals surface area contributed by atoms with Gasteiger partial charge in [-0.1, -0.05) is 44.2 Å². The molecule has 0 saturated heterocycles. The summed E-state index contributed by atoms with van der Waals surface area (Å²) in [6.45, 7) is 5.85. The van der Waals surface area contributed by atoms with Gasteiger partial charge in [0.15, 0.2) is 0 Å². The zero-order chi connectivity index (χ0) is 16.9. The molecule has 2 aromatic rings. The fourth-order valence-electron chi connectivity index (χ4n) is 1.88. The molecule has 0 unspecified atom stereocenters. The lowest BCUT2D eigenvalue weighted by Crippen LogP contribution is -2.29. The van der Waals surface area contributed by atoms with Crippen LogP contribution < -0.4 is 10.1 Å². The molecular formula is C17H23N3O2S. The molecule has 124 valence electrons. The summed E-state index contributed by atoms with van der Waals surface area (Å²) < 4.78 is 5.15. The van der Waals surface area contributed by atoms with Crippen LogP contribution in [0.5, 0.6) is 5.75 Å². The maximum absolute atomic E-state index is 12.1. The molecular weight excluding hydrogens is 310 g/mol. The van der Waals surface area contributed by atoms with Crippen LogP contribution in [0.4, 0.5) is 5.13 Å². The van der Waals surface area contributed by atoms with Gasteiger partial charge in [0, 0.05) is 11.8 Å². The van der Waals surface area contributed by atoms with E-state index < -0.39 is 5.41 Å². The molecule has 1 N–H and O–H groups in total. The molecule has 5 nitrogen and oxygen atoms in total. The van der Waals surface area contributed by atoms with Gasteiger partial charge in [-0.3, -0.25) is 4.79 Å². The molecule has 2 rings (SSSR count). The number of nitrogens with one attached hydrogen (secondary N) is 1. The fraction of sp³-hybridized carbons (Fsp3) is 0.471. The van der Waals surface area contributed by atoms with Gasteiger partial charge in [-0.25, -0.2) is 0 Å². The van der Waals surface area contributed by atoms with Crippen LogP contribution in [0.3, 0.4) is 0 Å². The number of carbonyl (C=O) groups excluding carboxylic acids is 1. The van der Waals surface area contributed by atoms with Crippen LogP contribution in [0.15, 0.2) is 24.3 Å². The molecule has 1 heterocycles. The molecule has 0 saturated carbocycles. The number of anilines is 1. The topological polar surface area (TPSA) is 64.1 Å². The van der Waals surface area contributed by atoms with Crippen LogP contribution in [-0.2, 0) is 17.6 Å². The average Bonchev–Trinajstić information content (AvgIpc) is 3.00. The maximum atomic E-state index is 12.1. The monoisotopic (exact) mass is 333 g/mol. The number of amides is 1. The molecule has 0 radical (unpaired) electrons. The zero-order valence-corrected chi connectivity index (χ0v) is 14.9. The second-order valence-corrected chi connectivity index (χ2v) is 7.10. The van der Waals surface area contributed by atoms with Gasteiger partial charge in [-0.2, -0.15) is 0 Å². The second kappa shape index (κ2) is 7.55.